The van der Waals surface area contributed by atoms with E-state index in [0.717, 1.165) is 48.8 Å². The van der Waals surface area contributed by atoms with Crippen LogP contribution in [0, 0.1) is 0 Å². The van der Waals surface area contributed by atoms with E-state index in [0.29, 0.717) is 12.8 Å². The number of amides is 1. The van der Waals surface area contributed by atoms with Gasteiger partial charge in [-0.25, -0.2) is 0 Å². The molecule has 1 unspecified atom stereocenters. The Labute approximate surface area is 148 Å². The lowest BCUT2D eigenvalue weighted by atomic mass is 9.97. The van der Waals surface area contributed by atoms with Crippen LogP contribution in [0.3, 0.4) is 0 Å². The number of carbonyl (C=O) groups excluding carboxylic acids is 1. The number of nitrogens with zero attached hydrogens (tertiary/aromatic N) is 2. The predicted octanol–water partition coefficient (Wildman–Crippen LogP) is 3.45. The van der Waals surface area contributed by atoms with Crippen LogP contribution in [0.25, 0.3) is 10.9 Å². The zero-order valence-corrected chi connectivity index (χ0v) is 14.8. The van der Waals surface area contributed by atoms with Gasteiger partial charge in [-0.15, -0.1) is 0 Å². The Balaban J connectivity index is 1.77. The third kappa shape index (κ3) is 3.86. The van der Waals surface area contributed by atoms with Crippen LogP contribution in [0.4, 0.5) is 0 Å². The molecule has 5 nitrogen and oxygen atoms in total. The van der Waals surface area contributed by atoms with E-state index in [-0.39, 0.29) is 18.4 Å². The van der Waals surface area contributed by atoms with Gasteiger partial charge in [-0.2, -0.15) is 0 Å². The summed E-state index contributed by atoms with van der Waals surface area (Å²) in [4.78, 5) is 25.7. The number of carbonyl (C=O) groups is 2. The molecule has 25 heavy (non-hydrogen) atoms. The first-order valence-electron chi connectivity index (χ1n) is 9.18. The van der Waals surface area contributed by atoms with E-state index in [1.165, 1.54) is 0 Å². The number of fused-ring (bicyclic) bond motifs is 1. The van der Waals surface area contributed by atoms with E-state index in [2.05, 4.69) is 29.8 Å². The smallest absolute Gasteiger partial charge is 0.303 e. The van der Waals surface area contributed by atoms with Crippen molar-refractivity contribution in [2.75, 3.05) is 6.54 Å². The van der Waals surface area contributed by atoms with E-state index >= 15 is 0 Å². The fourth-order valence-electron chi connectivity index (χ4n) is 3.91. The van der Waals surface area contributed by atoms with Gasteiger partial charge < -0.3 is 14.6 Å². The normalized spacial score (nSPS) is 17.8. The molecule has 1 atom stereocenters. The van der Waals surface area contributed by atoms with Crippen molar-refractivity contribution in [2.45, 2.75) is 58.0 Å². The number of para-hydroxylation sites is 1. The van der Waals surface area contributed by atoms with E-state index in [1.807, 2.05) is 17.0 Å². The molecule has 0 radical (unpaired) electrons. The number of hydrogen-bond donors (Lipinski definition) is 1. The molecule has 0 aliphatic carbocycles. The van der Waals surface area contributed by atoms with Crippen LogP contribution >= 0.6 is 0 Å². The molecular formula is C20H26N2O3. The number of benzene rings is 1. The Morgan fingerprint density at radius 2 is 2.04 bits per heavy atom. The quantitative estimate of drug-likeness (QED) is 0.874. The summed E-state index contributed by atoms with van der Waals surface area (Å²) in [6.07, 6.45) is 6.14. The number of hydrogen-bond acceptors (Lipinski definition) is 2. The number of carboxylic acid groups (broad SMARTS) is 1. The fourth-order valence-corrected chi connectivity index (χ4v) is 3.91. The average Bonchev–Trinajstić information content (AvgIpc) is 2.98. The molecule has 1 fully saturated rings. The highest BCUT2D eigenvalue weighted by molar-refractivity contribution is 5.89. The van der Waals surface area contributed by atoms with Gasteiger partial charge in [0.1, 0.15) is 0 Å². The van der Waals surface area contributed by atoms with Gasteiger partial charge in [0.25, 0.3) is 0 Å². The molecule has 2 aromatic rings. The summed E-state index contributed by atoms with van der Waals surface area (Å²) in [7, 11) is 0. The van der Waals surface area contributed by atoms with Crippen molar-refractivity contribution in [3.8, 4) is 0 Å². The van der Waals surface area contributed by atoms with Crippen LogP contribution in [-0.2, 0) is 22.6 Å². The van der Waals surface area contributed by atoms with E-state index < -0.39 is 5.97 Å². The number of aryl methyl sites for hydroxylation is 1. The molecule has 1 amide bonds. The van der Waals surface area contributed by atoms with Gasteiger partial charge in [0.15, 0.2) is 0 Å². The third-order valence-electron chi connectivity index (χ3n) is 5.19. The second-order valence-electron chi connectivity index (χ2n) is 6.80. The molecule has 1 aromatic heterocycles. The van der Waals surface area contributed by atoms with Crippen LogP contribution in [-0.4, -0.2) is 39.0 Å². The third-order valence-corrected chi connectivity index (χ3v) is 5.19. The van der Waals surface area contributed by atoms with Gasteiger partial charge in [0.2, 0.25) is 5.91 Å². The lowest BCUT2D eigenvalue weighted by Crippen LogP contribution is -2.44. The minimum Gasteiger partial charge on any atom is -0.481 e. The molecule has 2 heterocycles. The Bertz CT molecular complexity index is 765. The molecule has 0 saturated carbocycles. The zero-order valence-electron chi connectivity index (χ0n) is 14.8. The monoisotopic (exact) mass is 342 g/mol. The number of aromatic nitrogens is 1. The lowest BCUT2D eigenvalue weighted by molar-refractivity contribution is -0.139. The molecule has 0 bridgehead atoms. The Morgan fingerprint density at radius 3 is 2.80 bits per heavy atom. The summed E-state index contributed by atoms with van der Waals surface area (Å²) in [6, 6.07) is 8.25. The Hall–Kier alpha value is -2.30. The Morgan fingerprint density at radius 1 is 1.24 bits per heavy atom. The molecule has 5 heteroatoms. The van der Waals surface area contributed by atoms with E-state index in [9.17, 15) is 9.59 Å². The van der Waals surface area contributed by atoms with Crippen molar-refractivity contribution in [1.29, 1.82) is 0 Å². The van der Waals surface area contributed by atoms with Crippen LogP contribution in [0.5, 0.6) is 0 Å². The van der Waals surface area contributed by atoms with Crippen LogP contribution in [0.1, 0.15) is 44.6 Å². The molecule has 1 aliphatic rings. The minimum absolute atomic E-state index is 0.0666. The molecular weight excluding hydrogens is 316 g/mol. The molecule has 3 rings (SSSR count). The highest BCUT2D eigenvalue weighted by Crippen LogP contribution is 2.25. The summed E-state index contributed by atoms with van der Waals surface area (Å²) in [5.41, 5.74) is 2.22. The number of piperidine rings is 1. The number of rotatable bonds is 6. The minimum atomic E-state index is -0.788. The van der Waals surface area contributed by atoms with Gasteiger partial charge in [-0.1, -0.05) is 18.2 Å². The molecule has 1 N–H and O–H groups in total. The fraction of sp³-hybridized carbons (Fsp3) is 0.500. The summed E-state index contributed by atoms with van der Waals surface area (Å²) in [5.74, 6) is -0.668. The van der Waals surface area contributed by atoms with Gasteiger partial charge in [-0.05, 0) is 44.2 Å². The lowest BCUT2D eigenvalue weighted by Gasteiger charge is -2.35. The highest BCUT2D eigenvalue weighted by atomic mass is 16.4. The van der Waals surface area contributed by atoms with Crippen molar-refractivity contribution in [2.24, 2.45) is 0 Å². The van der Waals surface area contributed by atoms with E-state index in [4.69, 9.17) is 5.11 Å². The van der Waals surface area contributed by atoms with Crippen molar-refractivity contribution in [3.05, 3.63) is 36.0 Å². The van der Waals surface area contributed by atoms with Crippen LogP contribution in [0.15, 0.2) is 30.5 Å². The number of carboxylic acids is 1. The Kier molecular flexibility index (Phi) is 5.41. The summed E-state index contributed by atoms with van der Waals surface area (Å²) < 4.78 is 2.18. The second kappa shape index (κ2) is 7.72. The molecule has 134 valence electrons. The molecule has 1 aromatic carbocycles. The first kappa shape index (κ1) is 17.5. The predicted molar refractivity (Wildman–Crippen MR) is 97.5 cm³/mol. The first-order chi connectivity index (χ1) is 12.1. The summed E-state index contributed by atoms with van der Waals surface area (Å²) >= 11 is 0. The first-order valence-corrected chi connectivity index (χ1v) is 9.18. The van der Waals surface area contributed by atoms with Crippen molar-refractivity contribution in [3.63, 3.8) is 0 Å². The van der Waals surface area contributed by atoms with Gasteiger partial charge in [-0.3, -0.25) is 9.59 Å². The maximum absolute atomic E-state index is 12.9. The number of likely N-dealkylation sites (tertiary alicyclic amines) is 1. The van der Waals surface area contributed by atoms with Crippen LogP contribution < -0.4 is 0 Å². The van der Waals surface area contributed by atoms with Crippen LogP contribution in [0.2, 0.25) is 0 Å². The largest absolute Gasteiger partial charge is 0.481 e. The zero-order chi connectivity index (χ0) is 17.8. The van der Waals surface area contributed by atoms with E-state index in [1.54, 1.807) is 0 Å². The second-order valence-corrected chi connectivity index (χ2v) is 6.80. The standard InChI is InChI=1S/C20H26N2O3/c1-2-21-14-15(17-8-3-4-9-18(17)21)13-19(23)22-12-6-5-7-16(22)10-11-20(24)25/h3-4,8-9,14,16H,2,5-7,10-13H2,1H3,(H,24,25). The molecule has 0 spiro atoms. The van der Waals surface area contributed by atoms with Gasteiger partial charge >= 0.3 is 5.97 Å². The van der Waals surface area contributed by atoms with Gasteiger partial charge in [0, 0.05) is 42.7 Å². The van der Waals surface area contributed by atoms with Crippen molar-refractivity contribution < 1.29 is 14.7 Å². The summed E-state index contributed by atoms with van der Waals surface area (Å²) in [6.45, 7) is 3.72. The number of aliphatic carboxylic acids is 1. The SMILES string of the molecule is CCn1cc(CC(=O)N2CCCCC2CCC(=O)O)c2ccccc21. The maximum atomic E-state index is 12.9. The molecule has 1 aliphatic heterocycles. The topological polar surface area (TPSA) is 62.5 Å². The average molecular weight is 342 g/mol. The van der Waals surface area contributed by atoms with Gasteiger partial charge in [0.05, 0.1) is 6.42 Å². The van der Waals surface area contributed by atoms with Crippen molar-refractivity contribution in [1.82, 2.24) is 9.47 Å². The van der Waals surface area contributed by atoms with Crippen molar-refractivity contribution >= 4 is 22.8 Å². The molecule has 1 saturated heterocycles. The maximum Gasteiger partial charge on any atom is 0.303 e. The summed E-state index contributed by atoms with van der Waals surface area (Å²) in [5, 5.41) is 10.1. The highest BCUT2D eigenvalue weighted by Gasteiger charge is 2.27.